The smallest absolute Gasteiger partial charge is 0.238 e. The molecule has 0 spiro atoms. The molecule has 180 valence electrons. The summed E-state index contributed by atoms with van der Waals surface area (Å²) >= 11 is 5.31. The number of rotatable bonds is 11. The second kappa shape index (κ2) is 12.4. The summed E-state index contributed by atoms with van der Waals surface area (Å²) in [5, 5.41) is 24.8. The van der Waals surface area contributed by atoms with E-state index in [4.69, 9.17) is 22.1 Å². The SMILES string of the molecule is NS(=O)(=O)c1ccc(NC(=S)Nc2ccc(CCNC[C@H](O)COc3ccccc3)cc2)cc1. The third kappa shape index (κ3) is 8.73. The fourth-order valence-electron chi connectivity index (χ4n) is 3.05. The van der Waals surface area contributed by atoms with Gasteiger partial charge < -0.3 is 25.8 Å². The van der Waals surface area contributed by atoms with E-state index in [-0.39, 0.29) is 11.5 Å². The van der Waals surface area contributed by atoms with Crippen LogP contribution in [-0.4, -0.2) is 44.4 Å². The summed E-state index contributed by atoms with van der Waals surface area (Å²) in [7, 11) is -3.73. The molecule has 0 aromatic heterocycles. The van der Waals surface area contributed by atoms with E-state index in [2.05, 4.69) is 16.0 Å². The Labute approximate surface area is 205 Å². The number of benzene rings is 3. The number of sulfonamides is 1. The summed E-state index contributed by atoms with van der Waals surface area (Å²) in [5.74, 6) is 0.741. The molecule has 34 heavy (non-hydrogen) atoms. The predicted octanol–water partition coefficient (Wildman–Crippen LogP) is 2.71. The van der Waals surface area contributed by atoms with Crippen LogP contribution < -0.4 is 25.8 Å². The topological polar surface area (TPSA) is 126 Å². The molecule has 0 amide bonds. The number of hydrogen-bond donors (Lipinski definition) is 5. The van der Waals surface area contributed by atoms with Gasteiger partial charge in [0, 0.05) is 17.9 Å². The lowest BCUT2D eigenvalue weighted by Gasteiger charge is -2.13. The molecule has 0 aliphatic carbocycles. The van der Waals surface area contributed by atoms with Gasteiger partial charge in [-0.3, -0.25) is 0 Å². The quantitative estimate of drug-likeness (QED) is 0.201. The molecule has 10 heteroatoms. The van der Waals surface area contributed by atoms with Crippen molar-refractivity contribution in [3.63, 3.8) is 0 Å². The highest BCUT2D eigenvalue weighted by Gasteiger charge is 2.08. The highest BCUT2D eigenvalue weighted by molar-refractivity contribution is 7.89. The fraction of sp³-hybridized carbons (Fsp3) is 0.208. The largest absolute Gasteiger partial charge is 0.491 e. The molecule has 0 radical (unpaired) electrons. The molecule has 6 N–H and O–H groups in total. The minimum absolute atomic E-state index is 0.0389. The van der Waals surface area contributed by atoms with Gasteiger partial charge in [-0.1, -0.05) is 30.3 Å². The number of aliphatic hydroxyl groups excluding tert-OH is 1. The van der Waals surface area contributed by atoms with E-state index in [1.54, 1.807) is 12.1 Å². The van der Waals surface area contributed by atoms with Crippen LogP contribution in [0, 0.1) is 0 Å². The van der Waals surface area contributed by atoms with Crippen LogP contribution in [0.3, 0.4) is 0 Å². The summed E-state index contributed by atoms with van der Waals surface area (Å²) in [6.45, 7) is 1.41. The number of thiocarbonyl (C=S) groups is 1. The van der Waals surface area contributed by atoms with E-state index in [1.165, 1.54) is 12.1 Å². The zero-order valence-electron chi connectivity index (χ0n) is 18.5. The van der Waals surface area contributed by atoms with Crippen LogP contribution in [0.25, 0.3) is 0 Å². The molecule has 3 aromatic rings. The van der Waals surface area contributed by atoms with Crippen molar-refractivity contribution in [3.05, 3.63) is 84.4 Å². The average molecular weight is 501 g/mol. The number of nitrogens with one attached hydrogen (secondary N) is 3. The molecule has 3 rings (SSSR count). The minimum atomic E-state index is -3.73. The minimum Gasteiger partial charge on any atom is -0.491 e. The zero-order valence-corrected chi connectivity index (χ0v) is 20.1. The summed E-state index contributed by atoms with van der Waals surface area (Å²) < 4.78 is 28.2. The van der Waals surface area contributed by atoms with E-state index in [0.717, 1.165) is 30.0 Å². The molecule has 0 saturated carbocycles. The van der Waals surface area contributed by atoms with E-state index in [0.29, 0.717) is 17.3 Å². The normalized spacial score (nSPS) is 12.1. The van der Waals surface area contributed by atoms with Crippen molar-refractivity contribution in [1.82, 2.24) is 5.32 Å². The maximum Gasteiger partial charge on any atom is 0.238 e. The Hall–Kier alpha value is -3.02. The van der Waals surface area contributed by atoms with E-state index < -0.39 is 16.1 Å². The van der Waals surface area contributed by atoms with Crippen molar-refractivity contribution in [2.24, 2.45) is 5.14 Å². The molecule has 0 aliphatic heterocycles. The molecule has 0 fully saturated rings. The summed E-state index contributed by atoms with van der Waals surface area (Å²) in [4.78, 5) is 0.0389. The van der Waals surface area contributed by atoms with Gasteiger partial charge in [0.25, 0.3) is 0 Å². The second-order valence-corrected chi connectivity index (χ2v) is 9.55. The first kappa shape index (κ1) is 25.6. The Morgan fingerprint density at radius 1 is 0.941 bits per heavy atom. The first-order valence-electron chi connectivity index (χ1n) is 10.7. The molecule has 1 atom stereocenters. The number of ether oxygens (including phenoxy) is 1. The van der Waals surface area contributed by atoms with Crippen LogP contribution >= 0.6 is 12.2 Å². The van der Waals surface area contributed by atoms with Gasteiger partial charge in [-0.2, -0.15) is 0 Å². The third-order valence-electron chi connectivity index (χ3n) is 4.81. The zero-order chi connectivity index (χ0) is 24.4. The Bertz CT molecular complexity index is 1160. The van der Waals surface area contributed by atoms with Crippen molar-refractivity contribution < 1.29 is 18.3 Å². The van der Waals surface area contributed by atoms with Crippen LogP contribution in [0.5, 0.6) is 5.75 Å². The average Bonchev–Trinajstić information content (AvgIpc) is 2.82. The van der Waals surface area contributed by atoms with E-state index >= 15 is 0 Å². The molecular formula is C24H28N4O4S2. The highest BCUT2D eigenvalue weighted by atomic mass is 32.2. The number of aliphatic hydroxyl groups is 1. The van der Waals surface area contributed by atoms with Gasteiger partial charge in [-0.15, -0.1) is 0 Å². The first-order chi connectivity index (χ1) is 16.3. The molecule has 0 unspecified atom stereocenters. The van der Waals surface area contributed by atoms with Gasteiger partial charge in [0.1, 0.15) is 18.5 Å². The van der Waals surface area contributed by atoms with Crippen molar-refractivity contribution in [2.75, 3.05) is 30.3 Å². The van der Waals surface area contributed by atoms with Gasteiger partial charge in [-0.05, 0) is 79.3 Å². The summed E-state index contributed by atoms with van der Waals surface area (Å²) in [6, 6.07) is 23.3. The van der Waals surface area contributed by atoms with Crippen LogP contribution in [0.15, 0.2) is 83.8 Å². The van der Waals surface area contributed by atoms with Gasteiger partial charge >= 0.3 is 0 Å². The van der Waals surface area contributed by atoms with E-state index in [1.807, 2.05) is 54.6 Å². The first-order valence-corrected chi connectivity index (χ1v) is 12.6. The third-order valence-corrected chi connectivity index (χ3v) is 5.94. The number of hydrogen-bond acceptors (Lipinski definition) is 6. The Morgan fingerprint density at radius 3 is 2.12 bits per heavy atom. The molecule has 0 bridgehead atoms. The number of primary sulfonamides is 1. The van der Waals surface area contributed by atoms with Crippen LogP contribution in [0.1, 0.15) is 5.56 Å². The van der Waals surface area contributed by atoms with Crippen LogP contribution in [-0.2, 0) is 16.4 Å². The highest BCUT2D eigenvalue weighted by Crippen LogP contribution is 2.15. The van der Waals surface area contributed by atoms with Gasteiger partial charge in [0.15, 0.2) is 5.11 Å². The maximum atomic E-state index is 11.3. The second-order valence-electron chi connectivity index (χ2n) is 7.58. The van der Waals surface area contributed by atoms with Crippen molar-refractivity contribution >= 4 is 38.7 Å². The standard InChI is InChI=1S/C24H28N4O4S2/c25-34(30,31)23-12-10-20(11-13-23)28-24(33)27-19-8-6-18(7-9-19)14-15-26-16-21(29)17-32-22-4-2-1-3-5-22/h1-13,21,26,29H,14-17H2,(H2,25,30,31)(H2,27,28,33)/t21-/m0/s1. The number of para-hydroxylation sites is 1. The van der Waals surface area contributed by atoms with Crippen LogP contribution in [0.4, 0.5) is 11.4 Å². The number of anilines is 2. The van der Waals surface area contributed by atoms with Gasteiger partial charge in [0.05, 0.1) is 4.90 Å². The Morgan fingerprint density at radius 2 is 1.53 bits per heavy atom. The van der Waals surface area contributed by atoms with Crippen molar-refractivity contribution in [1.29, 1.82) is 0 Å². The lowest BCUT2D eigenvalue weighted by Crippen LogP contribution is -2.32. The van der Waals surface area contributed by atoms with E-state index in [9.17, 15) is 13.5 Å². The predicted molar refractivity (Wildman–Crippen MR) is 139 cm³/mol. The summed E-state index contributed by atoms with van der Waals surface area (Å²) in [6.07, 6.45) is 0.224. The Kier molecular flexibility index (Phi) is 9.37. The lowest BCUT2D eigenvalue weighted by molar-refractivity contribution is 0.106. The monoisotopic (exact) mass is 500 g/mol. The van der Waals surface area contributed by atoms with Crippen LogP contribution in [0.2, 0.25) is 0 Å². The van der Waals surface area contributed by atoms with Crippen molar-refractivity contribution in [3.8, 4) is 5.75 Å². The molecule has 8 nitrogen and oxygen atoms in total. The lowest BCUT2D eigenvalue weighted by atomic mass is 10.1. The molecule has 0 aliphatic rings. The molecule has 0 heterocycles. The van der Waals surface area contributed by atoms with Gasteiger partial charge in [-0.25, -0.2) is 13.6 Å². The Balaban J connectivity index is 1.35. The maximum absolute atomic E-state index is 11.3. The van der Waals surface area contributed by atoms with Gasteiger partial charge in [0.2, 0.25) is 10.0 Å². The summed E-state index contributed by atoms with van der Waals surface area (Å²) in [5.41, 5.74) is 2.61. The van der Waals surface area contributed by atoms with Crippen molar-refractivity contribution in [2.45, 2.75) is 17.4 Å². The molecule has 0 saturated heterocycles. The fourth-order valence-corrected chi connectivity index (χ4v) is 3.80. The molecule has 3 aromatic carbocycles. The number of nitrogens with two attached hydrogens (primary N) is 1. The molecular weight excluding hydrogens is 472 g/mol.